The molecule has 2 N–H and O–H groups in total. The van der Waals surface area contributed by atoms with Crippen LogP contribution in [0, 0.1) is 5.41 Å². The zero-order valence-corrected chi connectivity index (χ0v) is 11.4. The second-order valence-electron chi connectivity index (χ2n) is 5.29. The van der Waals surface area contributed by atoms with E-state index < -0.39 is 0 Å². The van der Waals surface area contributed by atoms with Gasteiger partial charge < -0.3 is 10.1 Å². The SMILES string of the molecule is COCCC(C)(C)CNc1cc2n[nH]c(=O)n2cn1. The summed E-state index contributed by atoms with van der Waals surface area (Å²) in [6.07, 6.45) is 2.42. The molecule has 0 saturated heterocycles. The monoisotopic (exact) mass is 265 g/mol. The molecule has 0 atom stereocenters. The van der Waals surface area contributed by atoms with Crippen LogP contribution in [0.3, 0.4) is 0 Å². The van der Waals surface area contributed by atoms with Crippen molar-refractivity contribution in [1.82, 2.24) is 19.6 Å². The van der Waals surface area contributed by atoms with Crippen molar-refractivity contribution in [3.8, 4) is 0 Å². The number of aromatic nitrogens is 4. The molecule has 0 aliphatic carbocycles. The minimum atomic E-state index is -0.283. The Bertz CT molecular complexity index is 601. The molecule has 19 heavy (non-hydrogen) atoms. The largest absolute Gasteiger partial charge is 0.385 e. The highest BCUT2D eigenvalue weighted by Gasteiger charge is 2.17. The number of nitrogens with zero attached hydrogens (tertiary/aromatic N) is 3. The van der Waals surface area contributed by atoms with Gasteiger partial charge in [0.1, 0.15) is 12.1 Å². The predicted molar refractivity (Wildman–Crippen MR) is 72.4 cm³/mol. The minimum absolute atomic E-state index is 0.106. The lowest BCUT2D eigenvalue weighted by atomic mass is 9.90. The Morgan fingerprint density at radius 2 is 2.32 bits per heavy atom. The number of H-pyrrole nitrogens is 1. The van der Waals surface area contributed by atoms with Gasteiger partial charge in [0.25, 0.3) is 0 Å². The van der Waals surface area contributed by atoms with Crippen molar-refractivity contribution in [1.29, 1.82) is 0 Å². The Morgan fingerprint density at radius 3 is 3.05 bits per heavy atom. The topological polar surface area (TPSA) is 84.3 Å². The third kappa shape index (κ3) is 3.31. The highest BCUT2D eigenvalue weighted by molar-refractivity contribution is 5.48. The quantitative estimate of drug-likeness (QED) is 0.810. The summed E-state index contributed by atoms with van der Waals surface area (Å²) in [5.41, 5.74) is 0.376. The van der Waals surface area contributed by atoms with Crippen LogP contribution in [0.25, 0.3) is 5.65 Å². The number of hydrogen-bond acceptors (Lipinski definition) is 5. The number of aromatic amines is 1. The predicted octanol–water partition coefficient (Wildman–Crippen LogP) is 0.892. The maximum absolute atomic E-state index is 11.3. The second kappa shape index (κ2) is 5.40. The second-order valence-corrected chi connectivity index (χ2v) is 5.29. The van der Waals surface area contributed by atoms with Gasteiger partial charge in [0, 0.05) is 26.3 Å². The summed E-state index contributed by atoms with van der Waals surface area (Å²) >= 11 is 0. The Balaban J connectivity index is 2.03. The van der Waals surface area contributed by atoms with Gasteiger partial charge in [-0.1, -0.05) is 13.8 Å². The molecule has 0 amide bonds. The van der Waals surface area contributed by atoms with Crippen molar-refractivity contribution < 1.29 is 4.74 Å². The third-order valence-electron chi connectivity index (χ3n) is 3.04. The normalized spacial score (nSPS) is 11.9. The Hall–Kier alpha value is -1.89. The van der Waals surface area contributed by atoms with E-state index in [1.54, 1.807) is 13.2 Å². The molecule has 2 rings (SSSR count). The Kier molecular flexibility index (Phi) is 3.84. The maximum Gasteiger partial charge on any atom is 0.348 e. The van der Waals surface area contributed by atoms with E-state index >= 15 is 0 Å². The summed E-state index contributed by atoms with van der Waals surface area (Å²) in [4.78, 5) is 15.5. The zero-order valence-electron chi connectivity index (χ0n) is 11.4. The molecule has 2 heterocycles. The van der Waals surface area contributed by atoms with Crippen LogP contribution in [0.1, 0.15) is 20.3 Å². The molecule has 7 heteroatoms. The van der Waals surface area contributed by atoms with Gasteiger partial charge in [0.05, 0.1) is 0 Å². The van der Waals surface area contributed by atoms with Gasteiger partial charge in [0.15, 0.2) is 5.65 Å². The smallest absolute Gasteiger partial charge is 0.348 e. The van der Waals surface area contributed by atoms with Crippen molar-refractivity contribution in [2.24, 2.45) is 5.41 Å². The lowest BCUT2D eigenvalue weighted by Crippen LogP contribution is -2.25. The van der Waals surface area contributed by atoms with E-state index in [2.05, 4.69) is 34.3 Å². The van der Waals surface area contributed by atoms with Crippen LogP contribution in [0.5, 0.6) is 0 Å². The van der Waals surface area contributed by atoms with E-state index in [4.69, 9.17) is 4.74 Å². The van der Waals surface area contributed by atoms with Crippen LogP contribution in [0.2, 0.25) is 0 Å². The van der Waals surface area contributed by atoms with Gasteiger partial charge >= 0.3 is 5.69 Å². The average Bonchev–Trinajstić information content (AvgIpc) is 2.76. The number of rotatable bonds is 6. The molecule has 0 spiro atoms. The molecule has 0 aliphatic heterocycles. The van der Waals surface area contributed by atoms with Crippen LogP contribution in [-0.2, 0) is 4.74 Å². The van der Waals surface area contributed by atoms with E-state index in [-0.39, 0.29) is 11.1 Å². The molecule has 0 saturated carbocycles. The van der Waals surface area contributed by atoms with Crippen molar-refractivity contribution >= 4 is 11.5 Å². The Labute approximate surface area is 111 Å². The molecule has 2 aromatic heterocycles. The summed E-state index contributed by atoms with van der Waals surface area (Å²) in [5.74, 6) is 0.706. The highest BCUT2D eigenvalue weighted by atomic mass is 16.5. The first-order valence-electron chi connectivity index (χ1n) is 6.17. The number of fused-ring (bicyclic) bond motifs is 1. The summed E-state index contributed by atoms with van der Waals surface area (Å²) in [6, 6.07) is 1.74. The van der Waals surface area contributed by atoms with Crippen molar-refractivity contribution in [2.75, 3.05) is 25.6 Å². The van der Waals surface area contributed by atoms with Crippen molar-refractivity contribution in [3.05, 3.63) is 22.9 Å². The fraction of sp³-hybridized carbons (Fsp3) is 0.583. The molecule has 104 valence electrons. The van der Waals surface area contributed by atoms with Gasteiger partial charge in [-0.3, -0.25) is 0 Å². The Morgan fingerprint density at radius 1 is 1.53 bits per heavy atom. The molecule has 0 unspecified atom stereocenters. The fourth-order valence-corrected chi connectivity index (χ4v) is 1.70. The summed E-state index contributed by atoms with van der Waals surface area (Å²) < 4.78 is 6.46. The molecule has 0 aliphatic rings. The van der Waals surface area contributed by atoms with Gasteiger partial charge in [-0.05, 0) is 11.8 Å². The van der Waals surface area contributed by atoms with Crippen LogP contribution in [0.15, 0.2) is 17.2 Å². The average molecular weight is 265 g/mol. The van der Waals surface area contributed by atoms with E-state index in [1.165, 1.54) is 10.7 Å². The standard InChI is InChI=1S/C12H19N5O2/c1-12(2,4-5-19-3)7-13-9-6-10-15-16-11(18)17(10)8-14-9/h6,8,13H,4-5,7H2,1-3H3,(H,16,18). The first kappa shape index (κ1) is 13.5. The molecule has 0 radical (unpaired) electrons. The molecule has 2 aromatic rings. The summed E-state index contributed by atoms with van der Waals surface area (Å²) in [6.45, 7) is 5.83. The van der Waals surface area contributed by atoms with E-state index in [1.807, 2.05) is 0 Å². The zero-order chi connectivity index (χ0) is 13.9. The van der Waals surface area contributed by atoms with Crippen LogP contribution in [0.4, 0.5) is 5.82 Å². The van der Waals surface area contributed by atoms with Crippen LogP contribution in [-0.4, -0.2) is 39.8 Å². The number of ether oxygens (including phenoxy) is 1. The summed E-state index contributed by atoms with van der Waals surface area (Å²) in [7, 11) is 1.70. The molecule has 0 fully saturated rings. The number of methoxy groups -OCH3 is 1. The molecular weight excluding hydrogens is 246 g/mol. The minimum Gasteiger partial charge on any atom is -0.385 e. The lowest BCUT2D eigenvalue weighted by molar-refractivity contribution is 0.157. The van der Waals surface area contributed by atoms with Crippen molar-refractivity contribution in [3.63, 3.8) is 0 Å². The van der Waals surface area contributed by atoms with Gasteiger partial charge in [0.2, 0.25) is 0 Å². The van der Waals surface area contributed by atoms with E-state index in [0.717, 1.165) is 19.6 Å². The first-order chi connectivity index (χ1) is 9.02. The van der Waals surface area contributed by atoms with Crippen LogP contribution >= 0.6 is 0 Å². The molecular formula is C12H19N5O2. The maximum atomic E-state index is 11.3. The van der Waals surface area contributed by atoms with Gasteiger partial charge in [-0.15, -0.1) is 0 Å². The number of anilines is 1. The van der Waals surface area contributed by atoms with Crippen LogP contribution < -0.4 is 11.0 Å². The molecule has 0 aromatic carbocycles. The molecule has 0 bridgehead atoms. The first-order valence-corrected chi connectivity index (χ1v) is 6.17. The van der Waals surface area contributed by atoms with E-state index in [0.29, 0.717) is 11.5 Å². The highest BCUT2D eigenvalue weighted by Crippen LogP contribution is 2.20. The van der Waals surface area contributed by atoms with Gasteiger partial charge in [-0.25, -0.2) is 19.3 Å². The fourth-order valence-electron chi connectivity index (χ4n) is 1.70. The number of nitrogens with one attached hydrogen (secondary N) is 2. The van der Waals surface area contributed by atoms with Gasteiger partial charge in [-0.2, -0.15) is 5.10 Å². The summed E-state index contributed by atoms with van der Waals surface area (Å²) in [5, 5.41) is 9.53. The molecule has 7 nitrogen and oxygen atoms in total. The van der Waals surface area contributed by atoms with Crippen molar-refractivity contribution in [2.45, 2.75) is 20.3 Å². The third-order valence-corrected chi connectivity index (χ3v) is 3.04. The van der Waals surface area contributed by atoms with E-state index in [9.17, 15) is 4.79 Å². The number of hydrogen-bond donors (Lipinski definition) is 2. The lowest BCUT2D eigenvalue weighted by Gasteiger charge is -2.24.